The highest BCUT2D eigenvalue weighted by Gasteiger charge is 2.16. The Morgan fingerprint density at radius 3 is 2.60 bits per heavy atom. The van der Waals surface area contributed by atoms with Gasteiger partial charge in [0.15, 0.2) is 0 Å². The lowest BCUT2D eigenvalue weighted by molar-refractivity contribution is 0.254. The predicted molar refractivity (Wildman–Crippen MR) is 66.4 cm³/mol. The number of hydrogen-bond donors (Lipinski definition) is 1. The fraction of sp³-hybridized carbons (Fsp3) is 0.500. The summed E-state index contributed by atoms with van der Waals surface area (Å²) in [6.07, 6.45) is 0. The minimum atomic E-state index is 0.341. The first-order chi connectivity index (χ1) is 7.20. The third-order valence-electron chi connectivity index (χ3n) is 2.69. The van der Waals surface area contributed by atoms with Gasteiger partial charge in [0, 0.05) is 17.6 Å². The van der Waals surface area contributed by atoms with Crippen molar-refractivity contribution in [2.75, 3.05) is 27.2 Å². The third-order valence-corrected chi connectivity index (χ3v) is 3.04. The molecule has 1 aromatic rings. The molecule has 1 unspecified atom stereocenters. The number of rotatable bonds is 5. The summed E-state index contributed by atoms with van der Waals surface area (Å²) in [6, 6.07) is 8.38. The number of hydrogen-bond acceptors (Lipinski definition) is 2. The summed E-state index contributed by atoms with van der Waals surface area (Å²) in [7, 11) is 4.08. The van der Waals surface area contributed by atoms with E-state index in [4.69, 9.17) is 11.6 Å². The number of benzene rings is 1. The number of nitrogens with zero attached hydrogens (tertiary/aromatic N) is 1. The molecule has 3 heteroatoms. The highest BCUT2D eigenvalue weighted by atomic mass is 35.5. The molecule has 0 bridgehead atoms. The fourth-order valence-electron chi connectivity index (χ4n) is 1.66. The Labute approximate surface area is 97.2 Å². The second kappa shape index (κ2) is 6.11. The number of halogens is 1. The molecule has 0 spiro atoms. The van der Waals surface area contributed by atoms with Gasteiger partial charge in [0.25, 0.3) is 0 Å². The highest BCUT2D eigenvalue weighted by Crippen LogP contribution is 2.25. The SMILES string of the molecule is CCN(C)C(CNC)c1ccccc1Cl. The van der Waals surface area contributed by atoms with Crippen molar-refractivity contribution in [1.82, 2.24) is 10.2 Å². The van der Waals surface area contributed by atoms with Crippen LogP contribution >= 0.6 is 11.6 Å². The molecule has 0 aliphatic carbocycles. The van der Waals surface area contributed by atoms with Gasteiger partial charge in [-0.3, -0.25) is 4.90 Å². The minimum absolute atomic E-state index is 0.341. The zero-order valence-electron chi connectivity index (χ0n) is 9.63. The molecule has 0 heterocycles. The van der Waals surface area contributed by atoms with Crippen LogP contribution in [0.1, 0.15) is 18.5 Å². The van der Waals surface area contributed by atoms with Crippen LogP contribution in [0.25, 0.3) is 0 Å². The Bertz CT molecular complexity index is 301. The molecule has 0 saturated carbocycles. The van der Waals surface area contributed by atoms with Crippen LogP contribution in [0.15, 0.2) is 24.3 Å². The van der Waals surface area contributed by atoms with Crippen LogP contribution in [0.5, 0.6) is 0 Å². The van der Waals surface area contributed by atoms with Crippen LogP contribution < -0.4 is 5.32 Å². The second-order valence-corrected chi connectivity index (χ2v) is 4.08. The van der Waals surface area contributed by atoms with Crippen molar-refractivity contribution in [1.29, 1.82) is 0 Å². The first-order valence-electron chi connectivity index (χ1n) is 5.30. The Kier molecular flexibility index (Phi) is 5.09. The van der Waals surface area contributed by atoms with E-state index < -0.39 is 0 Å². The third kappa shape index (κ3) is 3.20. The Balaban J connectivity index is 2.93. The lowest BCUT2D eigenvalue weighted by Gasteiger charge is -2.27. The van der Waals surface area contributed by atoms with Crippen molar-refractivity contribution in [3.05, 3.63) is 34.9 Å². The van der Waals surface area contributed by atoms with Crippen LogP contribution in [0.2, 0.25) is 5.02 Å². The van der Waals surface area contributed by atoms with Gasteiger partial charge in [-0.2, -0.15) is 0 Å². The van der Waals surface area contributed by atoms with Gasteiger partial charge < -0.3 is 5.32 Å². The van der Waals surface area contributed by atoms with Gasteiger partial charge in [0.05, 0.1) is 0 Å². The van der Waals surface area contributed by atoms with Crippen molar-refractivity contribution in [3.8, 4) is 0 Å². The average molecular weight is 227 g/mol. The van der Waals surface area contributed by atoms with E-state index in [2.05, 4.69) is 30.3 Å². The van der Waals surface area contributed by atoms with Gasteiger partial charge in [-0.15, -0.1) is 0 Å². The zero-order valence-corrected chi connectivity index (χ0v) is 10.4. The van der Waals surface area contributed by atoms with E-state index in [0.29, 0.717) is 6.04 Å². The van der Waals surface area contributed by atoms with E-state index in [0.717, 1.165) is 18.1 Å². The Morgan fingerprint density at radius 2 is 2.07 bits per heavy atom. The van der Waals surface area contributed by atoms with E-state index in [1.165, 1.54) is 5.56 Å². The largest absolute Gasteiger partial charge is 0.318 e. The molecule has 0 aliphatic heterocycles. The van der Waals surface area contributed by atoms with E-state index in [1.54, 1.807) is 0 Å². The van der Waals surface area contributed by atoms with E-state index in [1.807, 2.05) is 25.2 Å². The minimum Gasteiger partial charge on any atom is -0.318 e. The van der Waals surface area contributed by atoms with Crippen molar-refractivity contribution >= 4 is 11.6 Å². The second-order valence-electron chi connectivity index (χ2n) is 3.67. The molecule has 0 aliphatic rings. The zero-order chi connectivity index (χ0) is 11.3. The van der Waals surface area contributed by atoms with Gasteiger partial charge in [-0.1, -0.05) is 36.7 Å². The van der Waals surface area contributed by atoms with Crippen LogP contribution in [0.4, 0.5) is 0 Å². The number of nitrogens with one attached hydrogen (secondary N) is 1. The molecular weight excluding hydrogens is 208 g/mol. The first-order valence-corrected chi connectivity index (χ1v) is 5.67. The van der Waals surface area contributed by atoms with Crippen molar-refractivity contribution in [2.45, 2.75) is 13.0 Å². The predicted octanol–water partition coefficient (Wildman–Crippen LogP) is 2.55. The lowest BCUT2D eigenvalue weighted by Crippen LogP contribution is -2.32. The maximum Gasteiger partial charge on any atom is 0.0484 e. The Morgan fingerprint density at radius 1 is 1.40 bits per heavy atom. The molecule has 0 fully saturated rings. The van der Waals surface area contributed by atoms with Crippen LogP contribution in [0.3, 0.4) is 0 Å². The monoisotopic (exact) mass is 226 g/mol. The lowest BCUT2D eigenvalue weighted by atomic mass is 10.1. The topological polar surface area (TPSA) is 15.3 Å². The molecule has 0 aromatic heterocycles. The summed E-state index contributed by atoms with van der Waals surface area (Å²) < 4.78 is 0. The molecule has 1 N–H and O–H groups in total. The van der Waals surface area contributed by atoms with E-state index in [9.17, 15) is 0 Å². The molecule has 1 atom stereocenters. The van der Waals surface area contributed by atoms with Gasteiger partial charge in [-0.25, -0.2) is 0 Å². The van der Waals surface area contributed by atoms with Crippen LogP contribution in [-0.2, 0) is 0 Å². The van der Waals surface area contributed by atoms with Gasteiger partial charge >= 0.3 is 0 Å². The van der Waals surface area contributed by atoms with Gasteiger partial charge in [-0.05, 0) is 32.3 Å². The summed E-state index contributed by atoms with van der Waals surface area (Å²) in [5.41, 5.74) is 1.19. The highest BCUT2D eigenvalue weighted by molar-refractivity contribution is 6.31. The summed E-state index contributed by atoms with van der Waals surface area (Å²) in [6.45, 7) is 4.07. The number of likely N-dealkylation sites (N-methyl/N-ethyl adjacent to an activating group) is 2. The van der Waals surface area contributed by atoms with Gasteiger partial charge in [0.1, 0.15) is 0 Å². The smallest absolute Gasteiger partial charge is 0.0484 e. The van der Waals surface area contributed by atoms with Crippen molar-refractivity contribution < 1.29 is 0 Å². The van der Waals surface area contributed by atoms with Crippen LogP contribution in [0, 0.1) is 0 Å². The summed E-state index contributed by atoms with van der Waals surface area (Å²) in [5, 5.41) is 4.05. The average Bonchev–Trinajstić information content (AvgIpc) is 2.26. The molecule has 0 amide bonds. The Hall–Kier alpha value is -0.570. The molecule has 1 rings (SSSR count). The standard InChI is InChI=1S/C12H19ClN2/c1-4-15(3)12(9-14-2)10-7-5-6-8-11(10)13/h5-8,12,14H,4,9H2,1-3H3. The normalized spacial score (nSPS) is 13.1. The molecule has 2 nitrogen and oxygen atoms in total. The van der Waals surface area contributed by atoms with Crippen LogP contribution in [-0.4, -0.2) is 32.1 Å². The molecule has 0 saturated heterocycles. The molecule has 0 radical (unpaired) electrons. The van der Waals surface area contributed by atoms with E-state index >= 15 is 0 Å². The molecule has 84 valence electrons. The molecular formula is C12H19ClN2. The first kappa shape index (κ1) is 12.5. The summed E-state index contributed by atoms with van der Waals surface area (Å²) in [4.78, 5) is 2.29. The maximum absolute atomic E-state index is 6.20. The van der Waals surface area contributed by atoms with E-state index in [-0.39, 0.29) is 0 Å². The van der Waals surface area contributed by atoms with Gasteiger partial charge in [0.2, 0.25) is 0 Å². The van der Waals surface area contributed by atoms with Crippen molar-refractivity contribution in [2.24, 2.45) is 0 Å². The van der Waals surface area contributed by atoms with Crippen molar-refractivity contribution in [3.63, 3.8) is 0 Å². The maximum atomic E-state index is 6.20. The summed E-state index contributed by atoms with van der Waals surface area (Å²) >= 11 is 6.20. The summed E-state index contributed by atoms with van der Waals surface area (Å²) in [5.74, 6) is 0. The fourth-order valence-corrected chi connectivity index (χ4v) is 1.92. The molecule has 15 heavy (non-hydrogen) atoms. The quantitative estimate of drug-likeness (QED) is 0.830. The molecule has 1 aromatic carbocycles.